The van der Waals surface area contributed by atoms with Crippen molar-refractivity contribution in [3.05, 3.63) is 98.5 Å². The average Bonchev–Trinajstić information content (AvgIpc) is 0.904. The molecule has 7 nitrogen and oxygen atoms in total. The molecule has 4 aromatic rings. The molecule has 0 amide bonds. The van der Waals surface area contributed by atoms with Crippen molar-refractivity contribution in [2.45, 2.75) is 294 Å². The number of hydrogen-bond acceptors (Lipinski definition) is 7. The lowest BCUT2D eigenvalue weighted by atomic mass is 10.0. The van der Waals surface area contributed by atoms with Crippen LogP contribution < -0.4 is 33.2 Å². The van der Waals surface area contributed by atoms with Crippen LogP contribution >= 0.6 is 15.9 Å². The first-order valence-electron chi connectivity index (χ1n) is 38.7. The van der Waals surface area contributed by atoms with Gasteiger partial charge in [-0.2, -0.15) is 0 Å². The van der Waals surface area contributed by atoms with Crippen LogP contribution in [0.25, 0.3) is 36.5 Å². The van der Waals surface area contributed by atoms with Gasteiger partial charge in [0.1, 0.15) is 23.0 Å². The summed E-state index contributed by atoms with van der Waals surface area (Å²) in [5.74, 6) is 7.04. The maximum Gasteiger partial charge on any atom is 0.203 e. The van der Waals surface area contributed by atoms with Crippen LogP contribution in [0.5, 0.6) is 40.2 Å². The van der Waals surface area contributed by atoms with E-state index in [1.54, 1.807) is 0 Å². The molecular weight excluding hydrogens is 1220 g/mol. The van der Waals surface area contributed by atoms with Crippen molar-refractivity contribution in [2.75, 3.05) is 46.2 Å². The minimum absolute atomic E-state index is 0.365. The van der Waals surface area contributed by atoms with Gasteiger partial charge < -0.3 is 33.2 Å². The van der Waals surface area contributed by atoms with Crippen LogP contribution in [-0.4, -0.2) is 46.2 Å². The van der Waals surface area contributed by atoms with Crippen molar-refractivity contribution < 1.29 is 33.2 Å². The van der Waals surface area contributed by atoms with E-state index in [4.69, 9.17) is 33.2 Å². The summed E-state index contributed by atoms with van der Waals surface area (Å²) in [7, 11) is 0. The van der Waals surface area contributed by atoms with E-state index in [0.717, 1.165) is 136 Å². The molecule has 94 heavy (non-hydrogen) atoms. The van der Waals surface area contributed by atoms with Crippen LogP contribution in [0.1, 0.15) is 328 Å². The largest absolute Gasteiger partial charge is 0.493 e. The predicted octanol–water partition coefficient (Wildman–Crippen LogP) is 27.6. The summed E-state index contributed by atoms with van der Waals surface area (Å²) < 4.78 is 48.9. The molecule has 0 radical (unpaired) electrons. The smallest absolute Gasteiger partial charge is 0.203 e. The molecule has 528 valence electrons. The van der Waals surface area contributed by atoms with E-state index in [9.17, 15) is 0 Å². The Kier molecular flexibility index (Phi) is 45.4. The van der Waals surface area contributed by atoms with E-state index >= 15 is 0 Å². The third-order valence-electron chi connectivity index (χ3n) is 18.7. The van der Waals surface area contributed by atoms with Crippen LogP contribution in [0.3, 0.4) is 0 Å². The molecule has 8 heteroatoms. The molecule has 0 aliphatic heterocycles. The van der Waals surface area contributed by atoms with Gasteiger partial charge in [0.25, 0.3) is 0 Å². The lowest BCUT2D eigenvalue weighted by molar-refractivity contribution is 0.234. The molecule has 0 fully saturated rings. The molecule has 0 aromatic heterocycles. The second-order valence-electron chi connectivity index (χ2n) is 27.6. The van der Waals surface area contributed by atoms with E-state index in [0.29, 0.717) is 69.9 Å². The first kappa shape index (κ1) is 81.6. The molecular formula is C86H135BrO7. The maximum atomic E-state index is 6.90. The van der Waals surface area contributed by atoms with Gasteiger partial charge in [-0.1, -0.05) is 340 Å². The van der Waals surface area contributed by atoms with Crippen LogP contribution in [0.15, 0.2) is 65.1 Å². The molecule has 0 N–H and O–H groups in total. The molecule has 0 aliphatic rings. The Morgan fingerprint density at radius 3 is 0.819 bits per heavy atom. The first-order valence-corrected chi connectivity index (χ1v) is 39.5. The number of benzene rings is 4. The highest BCUT2D eigenvalue weighted by molar-refractivity contribution is 9.10. The van der Waals surface area contributed by atoms with Gasteiger partial charge in [-0.3, -0.25) is 0 Å². The minimum Gasteiger partial charge on any atom is -0.493 e. The summed E-state index contributed by atoms with van der Waals surface area (Å²) in [6.07, 6.45) is 55.5. The second kappa shape index (κ2) is 52.3. The van der Waals surface area contributed by atoms with Gasteiger partial charge in [0, 0.05) is 26.7 Å². The van der Waals surface area contributed by atoms with Crippen LogP contribution in [-0.2, 0) is 0 Å². The fourth-order valence-corrected chi connectivity index (χ4v) is 11.3. The third-order valence-corrected chi connectivity index (χ3v) is 19.2. The fourth-order valence-electron chi connectivity index (χ4n) is 11.1. The van der Waals surface area contributed by atoms with Crippen molar-refractivity contribution in [1.29, 1.82) is 0 Å². The number of halogens is 1. The lowest BCUT2D eigenvalue weighted by Crippen LogP contribution is -2.10. The van der Waals surface area contributed by atoms with E-state index in [1.807, 2.05) is 0 Å². The topological polar surface area (TPSA) is 64.6 Å². The summed E-state index contributed by atoms with van der Waals surface area (Å²) in [6, 6.07) is 21.4. The summed E-state index contributed by atoms with van der Waals surface area (Å²) >= 11 is 3.60. The predicted molar refractivity (Wildman–Crippen MR) is 412 cm³/mol. The zero-order valence-electron chi connectivity index (χ0n) is 61.8. The monoisotopic (exact) mass is 1360 g/mol. The van der Waals surface area contributed by atoms with Gasteiger partial charge in [0.15, 0.2) is 11.5 Å². The van der Waals surface area contributed by atoms with Crippen molar-refractivity contribution in [3.8, 4) is 40.2 Å². The van der Waals surface area contributed by atoms with Crippen LogP contribution in [0.4, 0.5) is 0 Å². The minimum atomic E-state index is 0.365. The van der Waals surface area contributed by atoms with Crippen molar-refractivity contribution in [1.82, 2.24) is 0 Å². The van der Waals surface area contributed by atoms with Gasteiger partial charge in [0.2, 0.25) is 5.75 Å². The molecule has 0 saturated carbocycles. The number of ether oxygens (including phenoxy) is 7. The van der Waals surface area contributed by atoms with Crippen LogP contribution in [0, 0.1) is 23.7 Å². The van der Waals surface area contributed by atoms with Crippen LogP contribution in [0.2, 0.25) is 0 Å². The van der Waals surface area contributed by atoms with E-state index in [-0.39, 0.29) is 0 Å². The zero-order chi connectivity index (χ0) is 67.6. The van der Waals surface area contributed by atoms with E-state index in [2.05, 4.69) is 189 Å². The molecule has 4 rings (SSSR count). The Hall–Kier alpha value is -4.82. The normalized spacial score (nSPS) is 13.1. The Labute approximate surface area is 585 Å². The highest BCUT2D eigenvalue weighted by Gasteiger charge is 2.19. The Balaban J connectivity index is 1.81. The standard InChI is InChI=1S/C86H135BrO7/c1-12-19-22-25-28-31-34-37-40-43-56-88-84-59-74(60-85(89-57-44-41-38-35-32-29-26-23-20-13-2)86(84)90-58-45-42-39-36-33-30-27-24-21-14-3)47-51-76-62-83(94-68-72(11)18-7)78(64-81(76)92-66-70(9)16-5)53-52-77-63-80(91-65-69(8)15-4)75(61-82(77)93-67-71(10)17-6)50-46-73-48-54-79(87)55-49-73/h46-55,59-64,69-72H,12-45,56-58,65-68H2,1-11H3/b50-46+,51-47+,53-52+/t69-,70-,71-,72-/m0/s1. The summed E-state index contributed by atoms with van der Waals surface area (Å²) in [5.41, 5.74) is 5.90. The van der Waals surface area contributed by atoms with Gasteiger partial charge in [-0.05, 0) is 103 Å². The molecule has 4 atom stereocenters. The Bertz CT molecular complexity index is 2590. The van der Waals surface area contributed by atoms with Crippen molar-refractivity contribution >= 4 is 52.4 Å². The summed E-state index contributed by atoms with van der Waals surface area (Å²) in [4.78, 5) is 0. The third kappa shape index (κ3) is 35.4. The van der Waals surface area contributed by atoms with E-state index in [1.165, 1.54) is 161 Å². The van der Waals surface area contributed by atoms with Gasteiger partial charge in [-0.25, -0.2) is 0 Å². The molecule has 0 bridgehead atoms. The highest BCUT2D eigenvalue weighted by atomic mass is 79.9. The molecule has 0 aliphatic carbocycles. The molecule has 0 heterocycles. The van der Waals surface area contributed by atoms with Gasteiger partial charge in [0.05, 0.1) is 46.2 Å². The lowest BCUT2D eigenvalue weighted by Gasteiger charge is -2.19. The maximum absolute atomic E-state index is 6.90. The SMILES string of the molecule is CCCCCCCCCCCCOc1cc(/C=C/c2cc(OC[C@@H](C)CC)c(/C=C/c3cc(OC[C@@H](C)CC)c(/C=C/c4ccc(Br)cc4)cc3OC[C@@H](C)CC)cc2OC[C@@H](C)CC)cc(OCCCCCCCCCCCC)c1OCCCCCCCCCCCC. The number of hydrogen-bond donors (Lipinski definition) is 0. The fraction of sp³-hybridized carbons (Fsp3) is 0.651. The summed E-state index contributed by atoms with van der Waals surface area (Å²) in [6.45, 7) is 29.1. The molecule has 0 spiro atoms. The number of rotatable bonds is 58. The molecule has 0 saturated heterocycles. The molecule has 0 unspecified atom stereocenters. The number of unbranched alkanes of at least 4 members (excludes halogenated alkanes) is 27. The summed E-state index contributed by atoms with van der Waals surface area (Å²) in [5, 5.41) is 0. The van der Waals surface area contributed by atoms with Crippen molar-refractivity contribution in [3.63, 3.8) is 0 Å². The second-order valence-corrected chi connectivity index (χ2v) is 28.6. The first-order chi connectivity index (χ1) is 45.9. The van der Waals surface area contributed by atoms with E-state index < -0.39 is 0 Å². The van der Waals surface area contributed by atoms with Gasteiger partial charge >= 0.3 is 0 Å². The Morgan fingerprint density at radius 1 is 0.277 bits per heavy atom. The zero-order valence-corrected chi connectivity index (χ0v) is 63.4. The average molecular weight is 1360 g/mol. The highest BCUT2D eigenvalue weighted by Crippen LogP contribution is 2.42. The van der Waals surface area contributed by atoms with Crippen molar-refractivity contribution in [2.24, 2.45) is 23.7 Å². The quantitative estimate of drug-likeness (QED) is 0.0322. The van der Waals surface area contributed by atoms with Gasteiger partial charge in [-0.15, -0.1) is 0 Å². The molecule has 4 aromatic carbocycles. The Morgan fingerprint density at radius 2 is 0.532 bits per heavy atom.